The van der Waals surface area contributed by atoms with Crippen molar-refractivity contribution in [3.8, 4) is 0 Å². The molecule has 36 heavy (non-hydrogen) atoms. The maximum Gasteiger partial charge on any atom is 0.105 e. The zero-order valence-electron chi connectivity index (χ0n) is 23.1. The van der Waals surface area contributed by atoms with Crippen LogP contribution in [-0.4, -0.2) is 37.8 Å². The third-order valence-electron chi connectivity index (χ3n) is 12.5. The van der Waals surface area contributed by atoms with E-state index in [1.807, 2.05) is 0 Å². The molecule has 4 aliphatic carbocycles. The molecule has 0 radical (unpaired) electrons. The minimum atomic E-state index is 0.420. The quantitative estimate of drug-likeness (QED) is 0.335. The lowest BCUT2D eigenvalue weighted by Gasteiger charge is -2.62. The Morgan fingerprint density at radius 1 is 0.944 bits per heavy atom. The summed E-state index contributed by atoms with van der Waals surface area (Å²) in [5.74, 6) is 12.2. The molecule has 7 aliphatic rings. The summed E-state index contributed by atoms with van der Waals surface area (Å²) in [4.78, 5) is 0. The van der Waals surface area contributed by atoms with Gasteiger partial charge in [0.05, 0.1) is 14.4 Å². The van der Waals surface area contributed by atoms with Gasteiger partial charge in [-0.15, -0.1) is 47.0 Å². The van der Waals surface area contributed by atoms with E-state index in [-0.39, 0.29) is 0 Å². The highest BCUT2D eigenvalue weighted by Crippen LogP contribution is 2.71. The predicted octanol–water partition coefficient (Wildman–Crippen LogP) is 9.33. The monoisotopic (exact) mass is 564 g/mol. The molecule has 0 unspecified atom stereocenters. The molecule has 3 saturated carbocycles. The molecule has 2 saturated heterocycles. The van der Waals surface area contributed by atoms with E-state index >= 15 is 0 Å². The van der Waals surface area contributed by atoms with Crippen LogP contribution in [0, 0.1) is 46.3 Å². The molecule has 1 nitrogen and oxygen atoms in total. The lowest BCUT2D eigenvalue weighted by molar-refractivity contribution is -0.104. The highest BCUT2D eigenvalue weighted by molar-refractivity contribution is 8.21. The largest absolute Gasteiger partial charge is 0.494 e. The Labute approximate surface area is 238 Å². The molecule has 3 aliphatic heterocycles. The molecule has 3 heterocycles. The summed E-state index contributed by atoms with van der Waals surface area (Å²) in [5.41, 5.74) is 2.82. The SMILES string of the molecule is C[C@H](CC[C@H]1OC2=C([C@@H]1C)[C@@]1(C)CC[C@H]3[C@@H](CC[C@H]4CC5(CC[C@@]43C)SCCS5)[C@@H]1C2)C1SCCS1. The third-order valence-corrected chi connectivity index (χ3v) is 19.6. The van der Waals surface area contributed by atoms with E-state index in [4.69, 9.17) is 4.74 Å². The van der Waals surface area contributed by atoms with Gasteiger partial charge in [0.2, 0.25) is 0 Å². The molecule has 9 atom stereocenters. The molecule has 5 fully saturated rings. The first-order valence-corrected chi connectivity index (χ1v) is 19.3. The summed E-state index contributed by atoms with van der Waals surface area (Å²) in [6.07, 6.45) is 14.7. The number of thioether (sulfide) groups is 4. The maximum atomic E-state index is 6.90. The molecule has 5 heteroatoms. The van der Waals surface area contributed by atoms with E-state index in [1.54, 1.807) is 5.57 Å². The summed E-state index contributed by atoms with van der Waals surface area (Å²) in [7, 11) is 0. The van der Waals surface area contributed by atoms with Crippen LogP contribution in [0.1, 0.15) is 91.9 Å². The molecule has 0 aromatic carbocycles. The summed E-state index contributed by atoms with van der Waals surface area (Å²) in [6, 6.07) is 0. The van der Waals surface area contributed by atoms with Gasteiger partial charge < -0.3 is 4.74 Å². The van der Waals surface area contributed by atoms with Crippen molar-refractivity contribution in [2.45, 2.75) is 107 Å². The van der Waals surface area contributed by atoms with Gasteiger partial charge in [-0.1, -0.05) is 27.7 Å². The Morgan fingerprint density at radius 3 is 2.50 bits per heavy atom. The summed E-state index contributed by atoms with van der Waals surface area (Å²) in [6.45, 7) is 10.5. The van der Waals surface area contributed by atoms with Crippen molar-refractivity contribution in [3.05, 3.63) is 11.3 Å². The van der Waals surface area contributed by atoms with Crippen LogP contribution in [-0.2, 0) is 4.74 Å². The second kappa shape index (κ2) is 9.51. The van der Waals surface area contributed by atoms with Gasteiger partial charge in [0.15, 0.2) is 0 Å². The second-order valence-corrected chi connectivity index (χ2v) is 20.1. The van der Waals surface area contributed by atoms with Crippen molar-refractivity contribution in [2.75, 3.05) is 23.0 Å². The molecule has 0 N–H and O–H groups in total. The summed E-state index contributed by atoms with van der Waals surface area (Å²) >= 11 is 9.05. The Balaban J connectivity index is 1.03. The van der Waals surface area contributed by atoms with Gasteiger partial charge in [0.25, 0.3) is 0 Å². The third kappa shape index (κ3) is 3.95. The van der Waals surface area contributed by atoms with Gasteiger partial charge in [-0.05, 0) is 104 Å². The molecule has 0 aromatic heterocycles. The molecule has 0 bridgehead atoms. The lowest BCUT2D eigenvalue weighted by atomic mass is 9.44. The molecule has 7 rings (SSSR count). The van der Waals surface area contributed by atoms with Crippen LogP contribution < -0.4 is 0 Å². The van der Waals surface area contributed by atoms with Crippen LogP contribution in [0.15, 0.2) is 11.3 Å². The van der Waals surface area contributed by atoms with Gasteiger partial charge in [-0.2, -0.15) is 0 Å². The molecule has 0 amide bonds. The smallest absolute Gasteiger partial charge is 0.105 e. The second-order valence-electron chi connectivity index (χ2n) is 14.1. The molecular formula is C31H48OS4. The van der Waals surface area contributed by atoms with Crippen LogP contribution in [0.25, 0.3) is 0 Å². The van der Waals surface area contributed by atoms with Crippen LogP contribution >= 0.6 is 47.0 Å². The topological polar surface area (TPSA) is 9.23 Å². The predicted molar refractivity (Wildman–Crippen MR) is 163 cm³/mol. The highest BCUT2D eigenvalue weighted by atomic mass is 32.2. The average Bonchev–Trinajstić information content (AvgIpc) is 3.65. The van der Waals surface area contributed by atoms with Crippen LogP contribution in [0.3, 0.4) is 0 Å². The first-order valence-electron chi connectivity index (χ1n) is 15.2. The maximum absolute atomic E-state index is 6.90. The van der Waals surface area contributed by atoms with Crippen LogP contribution in [0.5, 0.6) is 0 Å². The fraction of sp³-hybridized carbons (Fsp3) is 0.935. The number of rotatable bonds is 4. The minimum absolute atomic E-state index is 0.420. The number of hydrogen-bond acceptors (Lipinski definition) is 5. The van der Waals surface area contributed by atoms with E-state index in [2.05, 4.69) is 74.7 Å². The Morgan fingerprint density at radius 2 is 1.72 bits per heavy atom. The van der Waals surface area contributed by atoms with E-state index in [0.29, 0.717) is 26.9 Å². The summed E-state index contributed by atoms with van der Waals surface area (Å²) < 4.78 is 8.33. The van der Waals surface area contributed by atoms with Crippen molar-refractivity contribution >= 4 is 47.0 Å². The van der Waals surface area contributed by atoms with E-state index in [1.165, 1.54) is 93.0 Å². The van der Waals surface area contributed by atoms with Crippen molar-refractivity contribution in [1.82, 2.24) is 0 Å². The summed E-state index contributed by atoms with van der Waals surface area (Å²) in [5, 5.41) is 0. The first kappa shape index (κ1) is 25.9. The number of hydrogen-bond donors (Lipinski definition) is 0. The minimum Gasteiger partial charge on any atom is -0.494 e. The molecule has 202 valence electrons. The van der Waals surface area contributed by atoms with Crippen LogP contribution in [0.4, 0.5) is 0 Å². The zero-order valence-corrected chi connectivity index (χ0v) is 26.3. The van der Waals surface area contributed by atoms with Gasteiger partial charge in [-0.3, -0.25) is 0 Å². The average molecular weight is 565 g/mol. The van der Waals surface area contributed by atoms with E-state index < -0.39 is 0 Å². The molecular weight excluding hydrogens is 517 g/mol. The van der Waals surface area contributed by atoms with E-state index in [0.717, 1.165) is 34.2 Å². The van der Waals surface area contributed by atoms with Gasteiger partial charge in [0, 0.05) is 35.4 Å². The van der Waals surface area contributed by atoms with Crippen molar-refractivity contribution in [3.63, 3.8) is 0 Å². The standard InChI is InChI=1S/C31H48OS4/c1-19(28-33-13-14-34-28)5-8-25-20(2)27-26(32-25)17-24-22-7-6-21-18-31(35-15-16-36-31)12-11-29(21,3)23(22)9-10-30(24,27)4/h19-25,28H,5-18H2,1-4H3/t19-,20-,21+,22-,23+,24+,25-,29+,30+/m1/s1. The number of allylic oxidation sites excluding steroid dienone is 1. The Kier molecular flexibility index (Phi) is 6.83. The number of ether oxygens (including phenoxy) is 1. The fourth-order valence-electron chi connectivity index (χ4n) is 10.5. The molecule has 0 aromatic rings. The van der Waals surface area contributed by atoms with Gasteiger partial charge in [-0.25, -0.2) is 0 Å². The van der Waals surface area contributed by atoms with Crippen molar-refractivity contribution in [1.29, 1.82) is 0 Å². The zero-order chi connectivity index (χ0) is 24.7. The highest BCUT2D eigenvalue weighted by Gasteiger charge is 2.63. The van der Waals surface area contributed by atoms with E-state index in [9.17, 15) is 0 Å². The first-order chi connectivity index (χ1) is 17.3. The van der Waals surface area contributed by atoms with Gasteiger partial charge >= 0.3 is 0 Å². The molecule has 1 spiro atoms. The normalized spacial score (nSPS) is 48.4. The fourth-order valence-corrected chi connectivity index (χ4v) is 17.0. The lowest BCUT2D eigenvalue weighted by Crippen LogP contribution is -2.54. The van der Waals surface area contributed by atoms with Gasteiger partial charge in [0.1, 0.15) is 6.10 Å². The van der Waals surface area contributed by atoms with Crippen molar-refractivity contribution in [2.24, 2.45) is 46.3 Å². The Hall–Kier alpha value is 0.940. The Bertz CT molecular complexity index is 891. The number of fused-ring (bicyclic) bond motifs is 6. The van der Waals surface area contributed by atoms with Crippen molar-refractivity contribution < 1.29 is 4.74 Å². The van der Waals surface area contributed by atoms with Crippen LogP contribution in [0.2, 0.25) is 0 Å².